The molecular weight excluding hydrogens is 363 g/mol. The van der Waals surface area contributed by atoms with E-state index >= 15 is 0 Å². The molecule has 1 aromatic rings. The maximum Gasteiger partial charge on any atom is 0.235 e. The minimum Gasteiger partial charge on any atom is -0.342 e. The van der Waals surface area contributed by atoms with Gasteiger partial charge in [-0.05, 0) is 57.2 Å². The van der Waals surface area contributed by atoms with Gasteiger partial charge < -0.3 is 10.2 Å². The molecule has 0 spiro atoms. The second-order valence-corrected chi connectivity index (χ2v) is 8.43. The fraction of sp³-hybridized carbons (Fsp3) is 0.611. The average molecular weight is 389 g/mol. The monoisotopic (exact) mass is 388 g/mol. The van der Waals surface area contributed by atoms with Crippen LogP contribution < -0.4 is 5.32 Å². The van der Waals surface area contributed by atoms with E-state index in [0.29, 0.717) is 6.04 Å². The Balaban J connectivity index is 0.00000208. The summed E-state index contributed by atoms with van der Waals surface area (Å²) in [5.74, 6) is 1.15. The van der Waals surface area contributed by atoms with Crippen molar-refractivity contribution < 1.29 is 4.79 Å². The molecule has 1 heterocycles. The van der Waals surface area contributed by atoms with E-state index in [2.05, 4.69) is 5.32 Å². The van der Waals surface area contributed by atoms with Crippen LogP contribution >= 0.6 is 35.8 Å². The molecule has 3 rings (SSSR count). The summed E-state index contributed by atoms with van der Waals surface area (Å²) < 4.78 is 0. The molecule has 1 unspecified atom stereocenters. The summed E-state index contributed by atoms with van der Waals surface area (Å²) in [6, 6.07) is 8.31. The molecule has 1 aliphatic carbocycles. The molecule has 2 fully saturated rings. The van der Waals surface area contributed by atoms with Crippen molar-refractivity contribution in [3.8, 4) is 0 Å². The van der Waals surface area contributed by atoms with E-state index in [-0.39, 0.29) is 23.6 Å². The van der Waals surface area contributed by atoms with E-state index in [9.17, 15) is 4.79 Å². The Hall–Kier alpha value is -0.420. The molecule has 6 heteroatoms. The highest BCUT2D eigenvalue weighted by Gasteiger charge is 2.28. The fourth-order valence-corrected chi connectivity index (χ4v) is 4.24. The highest BCUT2D eigenvalue weighted by atomic mass is 35.5. The number of rotatable bonds is 6. The Morgan fingerprint density at radius 2 is 1.96 bits per heavy atom. The number of nitrogens with zero attached hydrogens (tertiary/aromatic N) is 1. The van der Waals surface area contributed by atoms with Crippen molar-refractivity contribution in [1.29, 1.82) is 0 Å². The number of nitrogens with one attached hydrogen (secondary N) is 1. The number of thioether (sulfide) groups is 1. The molecule has 0 bridgehead atoms. The first-order valence-corrected chi connectivity index (χ1v) is 9.82. The molecule has 1 N–H and O–H groups in total. The number of hydrogen-bond donors (Lipinski definition) is 1. The van der Waals surface area contributed by atoms with Crippen molar-refractivity contribution in [3.05, 3.63) is 29.3 Å². The van der Waals surface area contributed by atoms with Crippen LogP contribution in [0.25, 0.3) is 0 Å². The molecule has 0 radical (unpaired) electrons. The van der Waals surface area contributed by atoms with Gasteiger partial charge in [0.1, 0.15) is 0 Å². The standard InChI is InChI=1S/C18H25ClN2OS.ClH/c1-13(23-17-5-3-2-4-16(17)19)18(22)21-10-8-15(9-11-21)20-12-14-6-7-14;/h2-5,13-15,20H,6-12H2,1H3;1H. The van der Waals surface area contributed by atoms with Crippen molar-refractivity contribution in [1.82, 2.24) is 10.2 Å². The maximum absolute atomic E-state index is 12.6. The third-order valence-corrected chi connectivity index (χ3v) is 6.29. The number of carbonyl (C=O) groups excluding carboxylic acids is 1. The lowest BCUT2D eigenvalue weighted by Crippen LogP contribution is -2.47. The summed E-state index contributed by atoms with van der Waals surface area (Å²) >= 11 is 7.75. The first-order valence-electron chi connectivity index (χ1n) is 8.57. The third kappa shape index (κ3) is 5.55. The zero-order valence-electron chi connectivity index (χ0n) is 14.0. The highest BCUT2D eigenvalue weighted by Crippen LogP contribution is 2.31. The molecule has 0 aromatic heterocycles. The van der Waals surface area contributed by atoms with Crippen LogP contribution in [0.1, 0.15) is 32.6 Å². The van der Waals surface area contributed by atoms with Crippen molar-refractivity contribution in [3.63, 3.8) is 0 Å². The first-order chi connectivity index (χ1) is 11.1. The van der Waals surface area contributed by atoms with Gasteiger partial charge in [-0.15, -0.1) is 24.2 Å². The van der Waals surface area contributed by atoms with Gasteiger partial charge in [-0.25, -0.2) is 0 Å². The molecule has 3 nitrogen and oxygen atoms in total. The molecule has 1 amide bonds. The molecule has 1 aliphatic heterocycles. The van der Waals surface area contributed by atoms with Crippen LogP contribution in [0.3, 0.4) is 0 Å². The predicted molar refractivity (Wildman–Crippen MR) is 104 cm³/mol. The summed E-state index contributed by atoms with van der Waals surface area (Å²) in [4.78, 5) is 15.6. The van der Waals surface area contributed by atoms with E-state index in [0.717, 1.165) is 48.3 Å². The average Bonchev–Trinajstić information content (AvgIpc) is 3.39. The van der Waals surface area contributed by atoms with Crippen molar-refractivity contribution >= 4 is 41.7 Å². The van der Waals surface area contributed by atoms with Gasteiger partial charge in [0.15, 0.2) is 0 Å². The number of halogens is 2. The molecule has 1 saturated carbocycles. The second kappa shape index (κ2) is 9.33. The lowest BCUT2D eigenvalue weighted by atomic mass is 10.0. The SMILES string of the molecule is CC(Sc1ccccc1Cl)C(=O)N1CCC(NCC2CC2)CC1.Cl. The van der Waals surface area contributed by atoms with Gasteiger partial charge in [-0.3, -0.25) is 4.79 Å². The van der Waals surface area contributed by atoms with Crippen molar-refractivity contribution in [2.45, 2.75) is 48.8 Å². The molecule has 24 heavy (non-hydrogen) atoms. The van der Waals surface area contributed by atoms with E-state index in [1.54, 1.807) is 11.8 Å². The molecule has 134 valence electrons. The van der Waals surface area contributed by atoms with E-state index < -0.39 is 0 Å². The van der Waals surface area contributed by atoms with Gasteiger partial charge in [0.25, 0.3) is 0 Å². The number of hydrogen-bond acceptors (Lipinski definition) is 3. The molecule has 2 aliphatic rings. The molecule has 1 atom stereocenters. The minimum absolute atomic E-state index is 0. The normalized spacial score (nSPS) is 19.7. The number of amides is 1. The van der Waals surface area contributed by atoms with Crippen molar-refractivity contribution in [2.75, 3.05) is 19.6 Å². The zero-order chi connectivity index (χ0) is 16.2. The zero-order valence-corrected chi connectivity index (χ0v) is 16.4. The minimum atomic E-state index is -0.0918. The van der Waals surface area contributed by atoms with Gasteiger partial charge in [0.2, 0.25) is 5.91 Å². The van der Waals surface area contributed by atoms with Gasteiger partial charge in [-0.2, -0.15) is 0 Å². The van der Waals surface area contributed by atoms with Gasteiger partial charge in [-0.1, -0.05) is 23.7 Å². The van der Waals surface area contributed by atoms with Crippen LogP contribution in [0, 0.1) is 5.92 Å². The quantitative estimate of drug-likeness (QED) is 0.739. The highest BCUT2D eigenvalue weighted by molar-refractivity contribution is 8.00. The van der Waals surface area contributed by atoms with E-state index in [1.807, 2.05) is 36.1 Å². The van der Waals surface area contributed by atoms with Crippen LogP contribution in [0.5, 0.6) is 0 Å². The van der Waals surface area contributed by atoms with Gasteiger partial charge >= 0.3 is 0 Å². The second-order valence-electron chi connectivity index (χ2n) is 6.64. The van der Waals surface area contributed by atoms with Crippen LogP contribution in [0.4, 0.5) is 0 Å². The summed E-state index contributed by atoms with van der Waals surface area (Å²) in [6.45, 7) is 4.88. The van der Waals surface area contributed by atoms with Gasteiger partial charge in [0.05, 0.1) is 10.3 Å². The van der Waals surface area contributed by atoms with Crippen LogP contribution in [-0.2, 0) is 4.79 Å². The largest absolute Gasteiger partial charge is 0.342 e. The third-order valence-electron chi connectivity index (χ3n) is 4.69. The number of likely N-dealkylation sites (tertiary alicyclic amines) is 1. The Bertz CT molecular complexity index is 546. The number of benzene rings is 1. The smallest absolute Gasteiger partial charge is 0.235 e. The Labute approximate surface area is 160 Å². The fourth-order valence-electron chi connectivity index (χ4n) is 3.00. The van der Waals surface area contributed by atoms with Crippen LogP contribution in [0.2, 0.25) is 5.02 Å². The Morgan fingerprint density at radius 1 is 1.29 bits per heavy atom. The topological polar surface area (TPSA) is 32.3 Å². The molecular formula is C18H26Cl2N2OS. The van der Waals surface area contributed by atoms with Crippen molar-refractivity contribution in [2.24, 2.45) is 5.92 Å². The Kier molecular flexibility index (Phi) is 7.73. The van der Waals surface area contributed by atoms with E-state index in [1.165, 1.54) is 12.8 Å². The summed E-state index contributed by atoms with van der Waals surface area (Å²) in [5.41, 5.74) is 0. The number of piperidine rings is 1. The maximum atomic E-state index is 12.6. The van der Waals surface area contributed by atoms with E-state index in [4.69, 9.17) is 11.6 Å². The molecule has 1 saturated heterocycles. The summed E-state index contributed by atoms with van der Waals surface area (Å²) in [5, 5.41) is 4.29. The lowest BCUT2D eigenvalue weighted by molar-refractivity contribution is -0.131. The van der Waals surface area contributed by atoms with Crippen LogP contribution in [0.15, 0.2) is 29.2 Å². The first kappa shape index (κ1) is 19.9. The predicted octanol–water partition coefficient (Wildman–Crippen LogP) is 4.23. The molecule has 1 aromatic carbocycles. The van der Waals surface area contributed by atoms with Crippen LogP contribution in [-0.4, -0.2) is 41.7 Å². The number of carbonyl (C=O) groups is 1. The summed E-state index contributed by atoms with van der Waals surface area (Å²) in [6.07, 6.45) is 4.92. The van der Waals surface area contributed by atoms with Gasteiger partial charge in [0, 0.05) is 24.0 Å². The Morgan fingerprint density at radius 3 is 2.58 bits per heavy atom. The lowest BCUT2D eigenvalue weighted by Gasteiger charge is -2.34. The summed E-state index contributed by atoms with van der Waals surface area (Å²) in [7, 11) is 0.